The molecular formula is C32H30N2O4Ti. The number of benzene rings is 4. The van der Waals surface area contributed by atoms with E-state index >= 15 is 0 Å². The summed E-state index contributed by atoms with van der Waals surface area (Å²) >= 11 is 0. The van der Waals surface area contributed by atoms with Crippen LogP contribution in [0.5, 0.6) is 23.0 Å². The summed E-state index contributed by atoms with van der Waals surface area (Å²) in [4.78, 5) is 0. The number of nitrogens with one attached hydrogen (secondary N) is 2. The van der Waals surface area contributed by atoms with Crippen molar-refractivity contribution in [1.29, 1.82) is 0 Å². The van der Waals surface area contributed by atoms with Crippen molar-refractivity contribution in [2.45, 2.75) is 49.9 Å². The van der Waals surface area contributed by atoms with Crippen molar-refractivity contribution in [3.8, 4) is 23.0 Å². The molecule has 4 aromatic carbocycles. The molecule has 0 amide bonds. The summed E-state index contributed by atoms with van der Waals surface area (Å²) in [5.74, 6) is -0.530. The fraction of sp³-hybridized carbons (Fsp3) is 0.250. The standard InChI is InChI=1S/C32H34N2O4.Ti/c35-27-17-7-1-11-21(27)31(22-12-2-8-18-28(22)36)33-25-15-5-6-16-26(25)34-32(23-13-3-9-19-29(23)37)24-14-4-10-20-30(24)38;/h1-4,7-14,17-20,25-26,31-38H,5-6,15-16H2;/q;+4/p-4/t25-,26-;/m0./s1. The van der Waals surface area contributed by atoms with Gasteiger partial charge in [-0.25, -0.2) is 0 Å². The zero-order chi connectivity index (χ0) is 26.5. The average Bonchev–Trinajstić information content (AvgIpc) is 2.93. The zero-order valence-electron chi connectivity index (χ0n) is 21.5. The maximum atomic E-state index is 12.9. The average molecular weight is 554 g/mol. The molecule has 2 N–H and O–H groups in total. The quantitative estimate of drug-likeness (QED) is 0.323. The van der Waals surface area contributed by atoms with E-state index in [1.807, 2.05) is 24.3 Å². The largest absolute Gasteiger partial charge is 4.00 e. The molecule has 0 heterocycles. The van der Waals surface area contributed by atoms with E-state index in [0.717, 1.165) is 25.7 Å². The molecule has 7 heteroatoms. The molecule has 1 aliphatic rings. The normalized spacial score (nSPS) is 17.2. The van der Waals surface area contributed by atoms with Crippen LogP contribution in [0.4, 0.5) is 0 Å². The molecule has 1 aliphatic carbocycles. The Hall–Kier alpha value is -3.29. The van der Waals surface area contributed by atoms with E-state index in [9.17, 15) is 20.4 Å². The first-order valence-corrected chi connectivity index (χ1v) is 13.1. The minimum absolute atomic E-state index is 0. The minimum atomic E-state index is -0.582. The van der Waals surface area contributed by atoms with Crippen LogP contribution in [-0.2, 0) is 21.7 Å². The molecule has 0 aromatic heterocycles. The second kappa shape index (κ2) is 13.2. The monoisotopic (exact) mass is 554 g/mol. The number of rotatable bonds is 8. The fourth-order valence-corrected chi connectivity index (χ4v) is 5.53. The zero-order valence-corrected chi connectivity index (χ0v) is 23.1. The van der Waals surface area contributed by atoms with Crippen LogP contribution < -0.4 is 31.1 Å². The van der Waals surface area contributed by atoms with Gasteiger partial charge in [0.15, 0.2) is 0 Å². The Kier molecular flexibility index (Phi) is 9.70. The second-order valence-corrected chi connectivity index (χ2v) is 9.85. The van der Waals surface area contributed by atoms with Crippen LogP contribution in [-0.4, -0.2) is 12.1 Å². The van der Waals surface area contributed by atoms with E-state index in [1.165, 1.54) is 24.3 Å². The first-order valence-electron chi connectivity index (χ1n) is 13.1. The van der Waals surface area contributed by atoms with Gasteiger partial charge < -0.3 is 31.1 Å². The Morgan fingerprint density at radius 2 is 0.718 bits per heavy atom. The molecule has 0 aliphatic heterocycles. The Labute approximate surface area is 244 Å². The molecule has 2 atom stereocenters. The summed E-state index contributed by atoms with van der Waals surface area (Å²) in [6.45, 7) is 0. The number of para-hydroxylation sites is 4. The molecule has 6 nitrogen and oxygen atoms in total. The molecular weight excluding hydrogens is 524 g/mol. The topological polar surface area (TPSA) is 116 Å². The third-order valence-corrected chi connectivity index (χ3v) is 7.45. The van der Waals surface area contributed by atoms with Crippen molar-refractivity contribution >= 4 is 0 Å². The molecule has 5 rings (SSSR count). The molecule has 39 heavy (non-hydrogen) atoms. The van der Waals surface area contributed by atoms with Crippen molar-refractivity contribution in [2.75, 3.05) is 0 Å². The summed E-state index contributed by atoms with van der Waals surface area (Å²) in [6, 6.07) is 25.8. The van der Waals surface area contributed by atoms with Crippen LogP contribution in [0.2, 0.25) is 0 Å². The number of hydrogen-bond acceptors (Lipinski definition) is 6. The Balaban J connectivity index is 0.00000353. The van der Waals surface area contributed by atoms with Crippen molar-refractivity contribution in [1.82, 2.24) is 10.6 Å². The molecule has 0 radical (unpaired) electrons. The van der Waals surface area contributed by atoms with Gasteiger partial charge in [0, 0.05) is 12.1 Å². The summed E-state index contributed by atoms with van der Waals surface area (Å²) in [5, 5.41) is 58.7. The van der Waals surface area contributed by atoms with Crippen molar-refractivity contribution < 1.29 is 42.1 Å². The van der Waals surface area contributed by atoms with Gasteiger partial charge in [-0.15, -0.1) is 23.0 Å². The van der Waals surface area contributed by atoms with Gasteiger partial charge in [0.2, 0.25) is 0 Å². The molecule has 0 spiro atoms. The number of hydrogen-bond donors (Lipinski definition) is 2. The minimum Gasteiger partial charge on any atom is -0.872 e. The van der Waals surface area contributed by atoms with Gasteiger partial charge in [-0.05, 0) is 35.1 Å². The Morgan fingerprint density at radius 1 is 0.462 bits per heavy atom. The SMILES string of the molecule is [O-]c1ccccc1C(N[C@H]1CCCC[C@@H]1NC(c1ccccc1[O-])c1ccccc1[O-])c1ccccc1[O-].[Ti+4]. The van der Waals surface area contributed by atoms with Crippen LogP contribution in [0.1, 0.15) is 60.0 Å². The maximum absolute atomic E-state index is 12.9. The molecule has 1 saturated carbocycles. The van der Waals surface area contributed by atoms with Gasteiger partial charge in [-0.1, -0.05) is 110 Å². The van der Waals surface area contributed by atoms with Crippen LogP contribution >= 0.6 is 0 Å². The summed E-state index contributed by atoms with van der Waals surface area (Å²) in [6.07, 6.45) is 3.62. The van der Waals surface area contributed by atoms with Crippen molar-refractivity contribution in [3.63, 3.8) is 0 Å². The molecule has 4 aromatic rings. The third kappa shape index (κ3) is 6.48. The van der Waals surface area contributed by atoms with Crippen LogP contribution in [0, 0.1) is 0 Å². The molecule has 0 bridgehead atoms. The predicted octanol–water partition coefficient (Wildman–Crippen LogP) is 3.35. The van der Waals surface area contributed by atoms with Crippen LogP contribution in [0.15, 0.2) is 97.1 Å². The maximum Gasteiger partial charge on any atom is 4.00 e. The Morgan fingerprint density at radius 3 is 0.974 bits per heavy atom. The van der Waals surface area contributed by atoms with Crippen LogP contribution in [0.3, 0.4) is 0 Å². The van der Waals surface area contributed by atoms with E-state index in [0.29, 0.717) is 22.3 Å². The van der Waals surface area contributed by atoms with E-state index in [2.05, 4.69) is 10.6 Å². The second-order valence-electron chi connectivity index (χ2n) is 9.85. The van der Waals surface area contributed by atoms with E-state index in [1.54, 1.807) is 48.5 Å². The summed E-state index contributed by atoms with van der Waals surface area (Å²) in [7, 11) is 0. The summed E-state index contributed by atoms with van der Waals surface area (Å²) < 4.78 is 0. The van der Waals surface area contributed by atoms with Gasteiger partial charge in [-0.2, -0.15) is 0 Å². The van der Waals surface area contributed by atoms with Crippen LogP contribution in [0.25, 0.3) is 0 Å². The van der Waals surface area contributed by atoms with Gasteiger partial charge >= 0.3 is 21.7 Å². The third-order valence-electron chi connectivity index (χ3n) is 7.45. The van der Waals surface area contributed by atoms with E-state index in [-0.39, 0.29) is 56.8 Å². The van der Waals surface area contributed by atoms with Crippen molar-refractivity contribution in [3.05, 3.63) is 119 Å². The molecule has 0 unspecified atom stereocenters. The Bertz CT molecular complexity index is 1190. The first-order chi connectivity index (χ1) is 18.5. The van der Waals surface area contributed by atoms with Gasteiger partial charge in [0.1, 0.15) is 0 Å². The molecule has 1 fully saturated rings. The smallest absolute Gasteiger partial charge is 0.872 e. The van der Waals surface area contributed by atoms with Gasteiger partial charge in [-0.3, -0.25) is 0 Å². The fourth-order valence-electron chi connectivity index (χ4n) is 5.53. The molecule has 0 saturated heterocycles. The van der Waals surface area contributed by atoms with Gasteiger partial charge in [0.05, 0.1) is 12.1 Å². The van der Waals surface area contributed by atoms with Crippen molar-refractivity contribution in [2.24, 2.45) is 0 Å². The first kappa shape index (κ1) is 28.7. The predicted molar refractivity (Wildman–Crippen MR) is 140 cm³/mol. The molecule has 196 valence electrons. The van der Waals surface area contributed by atoms with E-state index < -0.39 is 12.1 Å². The van der Waals surface area contributed by atoms with E-state index in [4.69, 9.17) is 0 Å². The summed E-state index contributed by atoms with van der Waals surface area (Å²) in [5.41, 5.74) is 2.08. The van der Waals surface area contributed by atoms with Gasteiger partial charge in [0.25, 0.3) is 0 Å².